The Morgan fingerprint density at radius 1 is 0.833 bits per heavy atom. The number of amides is 3. The molecule has 2 aromatic carbocycles. The molecule has 0 aromatic heterocycles. The number of unbranched alkanes of at least 4 members (excludes halogenated alkanes) is 1. The summed E-state index contributed by atoms with van der Waals surface area (Å²) in [4.78, 5) is 58.0. The van der Waals surface area contributed by atoms with Crippen molar-refractivity contribution in [3.8, 4) is 0 Å². The molecule has 1 fully saturated rings. The van der Waals surface area contributed by atoms with Gasteiger partial charge in [0, 0.05) is 17.7 Å². The molecule has 258 valence electrons. The summed E-state index contributed by atoms with van der Waals surface area (Å²) in [5.74, 6) is -2.36. The molecule has 16 heteroatoms. The van der Waals surface area contributed by atoms with Gasteiger partial charge in [0.25, 0.3) is 0 Å². The number of hydrogen-bond donors (Lipinski definition) is 6. The lowest BCUT2D eigenvalue weighted by Gasteiger charge is -2.31. The van der Waals surface area contributed by atoms with Crippen LogP contribution in [0.3, 0.4) is 0 Å². The molecular formula is C32H37Cl4N7O5. The Balaban J connectivity index is 1.93. The number of nitrogens with two attached hydrogens (primary N) is 3. The Morgan fingerprint density at radius 3 is 1.85 bits per heavy atom. The molecule has 2 aromatic rings. The van der Waals surface area contributed by atoms with E-state index in [0.29, 0.717) is 47.0 Å². The Kier molecular flexibility index (Phi) is 15.0. The number of Topliss-reactive ketones (excluding diaryl/α,β-unsaturated/α-hetero) is 1. The smallest absolute Gasteiger partial charge is 0.326 e. The van der Waals surface area contributed by atoms with Crippen molar-refractivity contribution in [1.82, 2.24) is 15.5 Å². The van der Waals surface area contributed by atoms with Crippen molar-refractivity contribution in [3.63, 3.8) is 0 Å². The van der Waals surface area contributed by atoms with E-state index in [1.807, 2.05) is 0 Å². The van der Waals surface area contributed by atoms with Gasteiger partial charge in [-0.2, -0.15) is 0 Å². The number of ketones is 1. The van der Waals surface area contributed by atoms with E-state index in [9.17, 15) is 24.3 Å². The quantitative estimate of drug-likeness (QED) is 0.0703. The fourth-order valence-corrected chi connectivity index (χ4v) is 5.44. The molecular weight excluding hydrogens is 704 g/mol. The van der Waals surface area contributed by atoms with Gasteiger partial charge in [0.2, 0.25) is 5.91 Å². The van der Waals surface area contributed by atoms with E-state index in [1.54, 1.807) is 48.6 Å². The van der Waals surface area contributed by atoms with Crippen LogP contribution >= 0.6 is 46.4 Å². The van der Waals surface area contributed by atoms with Crippen LogP contribution in [0.4, 0.5) is 4.79 Å². The van der Waals surface area contributed by atoms with Gasteiger partial charge in [0.15, 0.2) is 11.7 Å². The molecule has 0 spiro atoms. The molecule has 0 aliphatic carbocycles. The maximum atomic E-state index is 13.8. The number of hydrogen-bond acceptors (Lipinski definition) is 6. The largest absolute Gasteiger partial charge is 0.480 e. The number of nitrogens with one attached hydrogen (secondary N) is 2. The normalized spacial score (nSPS) is 16.0. The van der Waals surface area contributed by atoms with Crippen molar-refractivity contribution in [2.45, 2.75) is 44.2 Å². The Bertz CT molecular complexity index is 1540. The molecule has 1 aliphatic rings. The first-order chi connectivity index (χ1) is 22.8. The van der Waals surface area contributed by atoms with Gasteiger partial charge >= 0.3 is 12.0 Å². The van der Waals surface area contributed by atoms with Crippen molar-refractivity contribution >= 4 is 88.2 Å². The van der Waals surface area contributed by atoms with Gasteiger partial charge < -0.3 is 37.8 Å². The average Bonchev–Trinajstić information content (AvgIpc) is 3.03. The van der Waals surface area contributed by atoms with Crippen molar-refractivity contribution in [2.24, 2.45) is 22.2 Å². The monoisotopic (exact) mass is 739 g/mol. The highest BCUT2D eigenvalue weighted by Crippen LogP contribution is 2.28. The Morgan fingerprint density at radius 2 is 1.38 bits per heavy atom. The van der Waals surface area contributed by atoms with E-state index in [4.69, 9.17) is 63.6 Å². The summed E-state index contributed by atoms with van der Waals surface area (Å²) in [5, 5.41) is 16.2. The van der Waals surface area contributed by atoms with E-state index in [1.165, 1.54) is 4.90 Å². The zero-order chi connectivity index (χ0) is 35.4. The third-order valence-corrected chi connectivity index (χ3v) is 8.76. The molecule has 1 saturated heterocycles. The predicted octanol–water partition coefficient (Wildman–Crippen LogP) is 4.48. The maximum absolute atomic E-state index is 13.8. The first kappa shape index (κ1) is 38.6. The summed E-state index contributed by atoms with van der Waals surface area (Å²) in [5.41, 5.74) is 18.0. The molecule has 0 unspecified atom stereocenters. The van der Waals surface area contributed by atoms with Gasteiger partial charge in [-0.15, -0.1) is 0 Å². The fraction of sp³-hybridized carbons (Fsp3) is 0.344. The van der Waals surface area contributed by atoms with E-state index in [0.717, 1.165) is 0 Å². The minimum absolute atomic E-state index is 0.0915. The number of nitrogens with zero attached hydrogens (tertiary/aromatic N) is 2. The van der Waals surface area contributed by atoms with Gasteiger partial charge in [0.05, 0.1) is 33.2 Å². The molecule has 3 rings (SSSR count). The summed E-state index contributed by atoms with van der Waals surface area (Å²) in [7, 11) is 0. The predicted molar refractivity (Wildman–Crippen MR) is 190 cm³/mol. The lowest BCUT2D eigenvalue weighted by Crippen LogP contribution is -2.55. The molecule has 0 bridgehead atoms. The number of carboxylic acids is 1. The number of rotatable bonds is 14. The number of likely N-dealkylation sites (tertiary alicyclic amines) is 1. The van der Waals surface area contributed by atoms with E-state index < -0.39 is 30.0 Å². The minimum Gasteiger partial charge on any atom is -0.480 e. The fourth-order valence-electron chi connectivity index (χ4n) is 4.82. The van der Waals surface area contributed by atoms with Crippen LogP contribution in [-0.4, -0.2) is 77.9 Å². The van der Waals surface area contributed by atoms with E-state index in [-0.39, 0.29) is 65.4 Å². The number of carboxylic acid groups (broad SMARTS) is 1. The number of carbonyl (C=O) groups is 4. The topological polar surface area (TPSA) is 206 Å². The Hall–Kier alpha value is -3.81. The SMILES string of the molecule is NCCCC[C@H](NC(=O)[C@H](CCCN=C(N)N)NC(=O)N1C/C(=C\c2ccc(Cl)c(Cl)c2)C(=O)/C(=C/c2ccc(Cl)c(Cl)c2)C1)C(=O)O. The third-order valence-electron chi connectivity index (χ3n) is 7.28. The first-order valence-electron chi connectivity index (χ1n) is 15.0. The third kappa shape index (κ3) is 11.7. The zero-order valence-electron chi connectivity index (χ0n) is 25.9. The van der Waals surface area contributed by atoms with Crippen LogP contribution < -0.4 is 27.8 Å². The molecule has 1 heterocycles. The first-order valence-corrected chi connectivity index (χ1v) is 16.5. The van der Waals surface area contributed by atoms with Crippen LogP contribution in [0, 0.1) is 0 Å². The maximum Gasteiger partial charge on any atom is 0.326 e. The van der Waals surface area contributed by atoms with Crippen LogP contribution in [0.25, 0.3) is 12.2 Å². The second kappa shape index (κ2) is 18.7. The minimum atomic E-state index is -1.21. The standard InChI is InChI=1S/C32H37Cl4N7O5/c33-22-8-6-18(14-24(22)35)12-20-16-43(17-21(28(20)44)13-19-7-9-23(34)25(36)15-19)32(48)42-26(5-3-11-40-31(38)39)29(45)41-27(30(46)47)4-1-2-10-37/h6-9,12-15,26-27H,1-5,10-11,16-17,37H2,(H,41,45)(H,42,48)(H,46,47)(H4,38,39,40)/b20-12+,21-13+/t26-,27-/m0/s1. The van der Waals surface area contributed by atoms with E-state index in [2.05, 4.69) is 15.6 Å². The van der Waals surface area contributed by atoms with Crippen molar-refractivity contribution in [2.75, 3.05) is 26.2 Å². The summed E-state index contributed by atoms with van der Waals surface area (Å²) in [6.45, 7) is 0.336. The van der Waals surface area contributed by atoms with Crippen LogP contribution in [0.2, 0.25) is 20.1 Å². The second-order valence-corrected chi connectivity index (χ2v) is 12.6. The number of aliphatic carboxylic acids is 1. The molecule has 2 atom stereocenters. The van der Waals surface area contributed by atoms with E-state index >= 15 is 0 Å². The number of urea groups is 1. The lowest BCUT2D eigenvalue weighted by atomic mass is 9.94. The van der Waals surface area contributed by atoms with Crippen LogP contribution in [-0.2, 0) is 14.4 Å². The van der Waals surface area contributed by atoms with Gasteiger partial charge in [0.1, 0.15) is 12.1 Å². The van der Waals surface area contributed by atoms with Crippen LogP contribution in [0.5, 0.6) is 0 Å². The average molecular weight is 742 g/mol. The number of aliphatic imine (C=N–C) groups is 1. The number of piperidine rings is 1. The highest BCUT2D eigenvalue weighted by Gasteiger charge is 2.32. The number of benzene rings is 2. The molecule has 0 radical (unpaired) electrons. The molecule has 1 aliphatic heterocycles. The van der Waals surface area contributed by atoms with Crippen LogP contribution in [0.1, 0.15) is 43.2 Å². The molecule has 0 saturated carbocycles. The summed E-state index contributed by atoms with van der Waals surface area (Å²) in [6, 6.07) is 6.72. The number of carbonyl (C=O) groups excluding carboxylic acids is 3. The van der Waals surface area contributed by atoms with Crippen molar-refractivity contribution in [3.05, 3.63) is 78.8 Å². The van der Waals surface area contributed by atoms with Gasteiger partial charge in [-0.05, 0) is 86.2 Å². The highest BCUT2D eigenvalue weighted by atomic mass is 35.5. The zero-order valence-corrected chi connectivity index (χ0v) is 28.9. The van der Waals surface area contributed by atoms with Gasteiger partial charge in [-0.25, -0.2) is 9.59 Å². The summed E-state index contributed by atoms with van der Waals surface area (Å²) >= 11 is 24.5. The molecule has 12 nitrogen and oxygen atoms in total. The second-order valence-electron chi connectivity index (χ2n) is 11.0. The van der Waals surface area contributed by atoms with Crippen LogP contribution in [0.15, 0.2) is 52.5 Å². The highest BCUT2D eigenvalue weighted by molar-refractivity contribution is 6.42. The summed E-state index contributed by atoms with van der Waals surface area (Å²) < 4.78 is 0. The molecule has 48 heavy (non-hydrogen) atoms. The number of guanidine groups is 1. The van der Waals surface area contributed by atoms with Gasteiger partial charge in [-0.3, -0.25) is 14.6 Å². The summed E-state index contributed by atoms with van der Waals surface area (Å²) in [6.07, 6.45) is 4.82. The number of halogens is 4. The van der Waals surface area contributed by atoms with Crippen molar-refractivity contribution < 1.29 is 24.3 Å². The Labute approximate surface area is 298 Å². The molecule has 3 amide bonds. The molecule has 9 N–H and O–H groups in total. The lowest BCUT2D eigenvalue weighted by molar-refractivity contribution is -0.142. The van der Waals surface area contributed by atoms with Crippen molar-refractivity contribution in [1.29, 1.82) is 0 Å². The van der Waals surface area contributed by atoms with Gasteiger partial charge in [-0.1, -0.05) is 58.5 Å².